The summed E-state index contributed by atoms with van der Waals surface area (Å²) in [4.78, 5) is 18.8. The van der Waals surface area contributed by atoms with E-state index < -0.39 is 0 Å². The molecule has 21 heavy (non-hydrogen) atoms. The van der Waals surface area contributed by atoms with Gasteiger partial charge in [0.1, 0.15) is 0 Å². The SMILES string of the molecule is CCN(C)C=Nc1ccc(C(=O)CC2CCCC2)cc1C. The average Bonchev–Trinajstić information content (AvgIpc) is 2.98. The van der Waals surface area contributed by atoms with Crippen molar-refractivity contribution in [1.82, 2.24) is 4.90 Å². The van der Waals surface area contributed by atoms with Crippen molar-refractivity contribution >= 4 is 17.8 Å². The van der Waals surface area contributed by atoms with Crippen LogP contribution in [0.4, 0.5) is 5.69 Å². The topological polar surface area (TPSA) is 32.7 Å². The Morgan fingerprint density at radius 2 is 2.10 bits per heavy atom. The van der Waals surface area contributed by atoms with Crippen molar-refractivity contribution in [2.24, 2.45) is 10.9 Å². The number of ketones is 1. The summed E-state index contributed by atoms with van der Waals surface area (Å²) in [5, 5.41) is 0. The molecule has 0 saturated heterocycles. The minimum Gasteiger partial charge on any atom is -0.366 e. The number of Topliss-reactive ketones (excluding diaryl/α,β-unsaturated/α-hetero) is 1. The molecule has 1 saturated carbocycles. The minimum absolute atomic E-state index is 0.284. The lowest BCUT2D eigenvalue weighted by molar-refractivity contribution is 0.0962. The van der Waals surface area contributed by atoms with Crippen LogP contribution in [0, 0.1) is 12.8 Å². The molecule has 0 atom stereocenters. The largest absolute Gasteiger partial charge is 0.366 e. The molecule has 0 aliphatic heterocycles. The summed E-state index contributed by atoms with van der Waals surface area (Å²) in [6.07, 6.45) is 7.56. The zero-order valence-corrected chi connectivity index (χ0v) is 13.4. The van der Waals surface area contributed by atoms with E-state index in [2.05, 4.69) is 11.9 Å². The second-order valence-corrected chi connectivity index (χ2v) is 6.10. The first-order valence-corrected chi connectivity index (χ1v) is 7.98. The molecule has 1 aliphatic carbocycles. The highest BCUT2D eigenvalue weighted by molar-refractivity contribution is 5.96. The molecule has 0 amide bonds. The molecule has 0 heterocycles. The average molecular weight is 286 g/mol. The van der Waals surface area contributed by atoms with Gasteiger partial charge >= 0.3 is 0 Å². The molecule has 0 N–H and O–H groups in total. The highest BCUT2D eigenvalue weighted by Gasteiger charge is 2.19. The molecule has 3 heteroatoms. The molecule has 1 fully saturated rings. The maximum absolute atomic E-state index is 12.3. The van der Waals surface area contributed by atoms with E-state index in [4.69, 9.17) is 0 Å². The molecule has 1 aromatic rings. The quantitative estimate of drug-likeness (QED) is 0.442. The Morgan fingerprint density at radius 3 is 2.71 bits per heavy atom. The number of hydrogen-bond donors (Lipinski definition) is 0. The van der Waals surface area contributed by atoms with Crippen molar-refractivity contribution in [2.45, 2.75) is 46.0 Å². The third-order valence-electron chi connectivity index (χ3n) is 4.36. The fourth-order valence-corrected chi connectivity index (χ4v) is 2.81. The summed E-state index contributed by atoms with van der Waals surface area (Å²) >= 11 is 0. The molecule has 0 unspecified atom stereocenters. The van der Waals surface area contributed by atoms with Gasteiger partial charge in [0.05, 0.1) is 12.0 Å². The minimum atomic E-state index is 0.284. The summed E-state index contributed by atoms with van der Waals surface area (Å²) in [5.41, 5.74) is 2.84. The van der Waals surface area contributed by atoms with Crippen molar-refractivity contribution < 1.29 is 4.79 Å². The van der Waals surface area contributed by atoms with E-state index in [-0.39, 0.29) is 5.78 Å². The van der Waals surface area contributed by atoms with Gasteiger partial charge in [0.15, 0.2) is 5.78 Å². The summed E-state index contributed by atoms with van der Waals surface area (Å²) in [7, 11) is 2.00. The number of benzene rings is 1. The molecule has 1 aliphatic rings. The normalized spacial score (nSPS) is 15.8. The maximum Gasteiger partial charge on any atom is 0.163 e. The van der Waals surface area contributed by atoms with Gasteiger partial charge in [-0.25, -0.2) is 4.99 Å². The Kier molecular flexibility index (Phi) is 5.54. The van der Waals surface area contributed by atoms with Crippen molar-refractivity contribution in [3.8, 4) is 0 Å². The van der Waals surface area contributed by atoms with Crippen LogP contribution in [-0.2, 0) is 0 Å². The molecule has 2 rings (SSSR count). The van der Waals surface area contributed by atoms with Crippen LogP contribution in [0.5, 0.6) is 0 Å². The first kappa shape index (κ1) is 15.7. The fourth-order valence-electron chi connectivity index (χ4n) is 2.81. The summed E-state index contributed by atoms with van der Waals surface area (Å²) in [5.74, 6) is 0.889. The van der Waals surface area contributed by atoms with Gasteiger partial charge in [0.2, 0.25) is 0 Å². The van der Waals surface area contributed by atoms with Crippen molar-refractivity contribution in [3.63, 3.8) is 0 Å². The zero-order chi connectivity index (χ0) is 15.2. The van der Waals surface area contributed by atoms with Gasteiger partial charge in [-0.2, -0.15) is 0 Å². The molecule has 114 valence electrons. The highest BCUT2D eigenvalue weighted by atomic mass is 16.1. The number of hydrogen-bond acceptors (Lipinski definition) is 2. The second kappa shape index (κ2) is 7.39. The molecule has 0 bridgehead atoms. The smallest absolute Gasteiger partial charge is 0.163 e. The van der Waals surface area contributed by atoms with Gasteiger partial charge in [-0.15, -0.1) is 0 Å². The van der Waals surface area contributed by atoms with Gasteiger partial charge in [-0.1, -0.05) is 25.7 Å². The van der Waals surface area contributed by atoms with Crippen LogP contribution < -0.4 is 0 Å². The van der Waals surface area contributed by atoms with E-state index in [1.54, 1.807) is 0 Å². The van der Waals surface area contributed by atoms with Gasteiger partial charge in [-0.05, 0) is 43.5 Å². The van der Waals surface area contributed by atoms with E-state index in [1.807, 2.05) is 43.4 Å². The number of aliphatic imine (C=N–C) groups is 1. The molecule has 1 aromatic carbocycles. The second-order valence-electron chi connectivity index (χ2n) is 6.10. The lowest BCUT2D eigenvalue weighted by Gasteiger charge is -2.10. The van der Waals surface area contributed by atoms with Gasteiger partial charge in [0, 0.05) is 25.6 Å². The Hall–Kier alpha value is -1.64. The number of rotatable bonds is 6. The van der Waals surface area contributed by atoms with E-state index in [0.717, 1.165) is 23.4 Å². The van der Waals surface area contributed by atoms with Gasteiger partial charge in [0.25, 0.3) is 0 Å². The first-order chi connectivity index (χ1) is 10.1. The van der Waals surface area contributed by atoms with Crippen molar-refractivity contribution in [3.05, 3.63) is 29.3 Å². The zero-order valence-electron chi connectivity index (χ0n) is 13.4. The Balaban J connectivity index is 2.03. The van der Waals surface area contributed by atoms with Crippen molar-refractivity contribution in [2.75, 3.05) is 13.6 Å². The van der Waals surface area contributed by atoms with Gasteiger partial charge in [-0.3, -0.25) is 4.79 Å². The van der Waals surface area contributed by atoms with Crippen LogP contribution in [0.1, 0.15) is 54.9 Å². The third-order valence-corrected chi connectivity index (χ3v) is 4.36. The van der Waals surface area contributed by atoms with Crippen LogP contribution in [0.2, 0.25) is 0 Å². The molecule has 0 radical (unpaired) electrons. The molecule has 3 nitrogen and oxygen atoms in total. The molecular weight excluding hydrogens is 260 g/mol. The van der Waals surface area contributed by atoms with Crippen LogP contribution in [0.3, 0.4) is 0 Å². The lowest BCUT2D eigenvalue weighted by Crippen LogP contribution is -2.14. The first-order valence-electron chi connectivity index (χ1n) is 7.98. The van der Waals surface area contributed by atoms with Crippen LogP contribution in [0.15, 0.2) is 23.2 Å². The predicted molar refractivity (Wildman–Crippen MR) is 88.5 cm³/mol. The number of aryl methyl sites for hydroxylation is 1. The summed E-state index contributed by atoms with van der Waals surface area (Å²) in [6.45, 7) is 5.04. The van der Waals surface area contributed by atoms with Crippen molar-refractivity contribution in [1.29, 1.82) is 0 Å². The number of nitrogens with zero attached hydrogens (tertiary/aromatic N) is 2. The third kappa shape index (κ3) is 4.42. The van der Waals surface area contributed by atoms with Crippen LogP contribution >= 0.6 is 0 Å². The van der Waals surface area contributed by atoms with E-state index in [9.17, 15) is 4.79 Å². The fraction of sp³-hybridized carbons (Fsp3) is 0.556. The summed E-state index contributed by atoms with van der Waals surface area (Å²) in [6, 6.07) is 5.86. The maximum atomic E-state index is 12.3. The number of carbonyl (C=O) groups is 1. The monoisotopic (exact) mass is 286 g/mol. The van der Waals surface area contributed by atoms with E-state index in [0.29, 0.717) is 12.3 Å². The molecule has 0 aromatic heterocycles. The Bertz CT molecular complexity index is 516. The summed E-state index contributed by atoms with van der Waals surface area (Å²) < 4.78 is 0. The Labute approximate surface area is 128 Å². The Morgan fingerprint density at radius 1 is 1.38 bits per heavy atom. The van der Waals surface area contributed by atoms with Crippen LogP contribution in [0.25, 0.3) is 0 Å². The molecular formula is C18H26N2O. The van der Waals surface area contributed by atoms with Crippen LogP contribution in [-0.4, -0.2) is 30.6 Å². The standard InChI is InChI=1S/C18H26N2O/c1-4-20(3)13-19-17-10-9-16(11-14(17)2)18(21)12-15-7-5-6-8-15/h9-11,13,15H,4-8,12H2,1-3H3. The van der Waals surface area contributed by atoms with Gasteiger partial charge < -0.3 is 4.90 Å². The highest BCUT2D eigenvalue weighted by Crippen LogP contribution is 2.29. The predicted octanol–water partition coefficient (Wildman–Crippen LogP) is 4.37. The van der Waals surface area contributed by atoms with E-state index in [1.165, 1.54) is 25.7 Å². The number of carbonyl (C=O) groups excluding carboxylic acids is 1. The molecule has 0 spiro atoms. The van der Waals surface area contributed by atoms with E-state index >= 15 is 0 Å². The lowest BCUT2D eigenvalue weighted by atomic mass is 9.96.